The van der Waals surface area contributed by atoms with Gasteiger partial charge in [0.25, 0.3) is 5.69 Å². The summed E-state index contributed by atoms with van der Waals surface area (Å²) in [5.74, 6) is 0. The number of likely N-dealkylation sites (N-methyl/N-ethyl adjacent to an activating group) is 1. The molecule has 27 heavy (non-hydrogen) atoms. The van der Waals surface area contributed by atoms with Crippen LogP contribution in [0.15, 0.2) is 42.5 Å². The third kappa shape index (κ3) is 5.89. The fraction of sp³-hybridized carbons (Fsp3) is 0.316. The first-order valence-electron chi connectivity index (χ1n) is 8.69. The number of halogens is 1. The molecule has 2 aromatic carbocycles. The Morgan fingerprint density at radius 1 is 1.26 bits per heavy atom. The highest BCUT2D eigenvalue weighted by molar-refractivity contribution is 7.80. The fourth-order valence-electron chi connectivity index (χ4n) is 2.72. The molecule has 0 heterocycles. The van der Waals surface area contributed by atoms with Crippen LogP contribution in [-0.2, 0) is 6.42 Å². The lowest BCUT2D eigenvalue weighted by atomic mass is 10.0. The number of nitrogens with one attached hydrogen (secondary N) is 3. The quantitative estimate of drug-likeness (QED) is 0.374. The van der Waals surface area contributed by atoms with Crippen molar-refractivity contribution < 1.29 is 9.82 Å². The van der Waals surface area contributed by atoms with Gasteiger partial charge in [-0.3, -0.25) is 10.1 Å². The summed E-state index contributed by atoms with van der Waals surface area (Å²) in [6.45, 7) is 2.75. The maximum atomic E-state index is 10.9. The highest BCUT2D eigenvalue weighted by Gasteiger charge is 2.18. The summed E-state index contributed by atoms with van der Waals surface area (Å²) in [6.07, 6.45) is 1.01. The molecule has 0 fully saturated rings. The first-order valence-corrected chi connectivity index (χ1v) is 9.48. The number of aryl methyl sites for hydroxylation is 1. The van der Waals surface area contributed by atoms with Crippen LogP contribution in [0.5, 0.6) is 0 Å². The summed E-state index contributed by atoms with van der Waals surface area (Å²) in [7, 11) is 4.18. The van der Waals surface area contributed by atoms with Gasteiger partial charge in [0, 0.05) is 17.7 Å². The number of anilines is 1. The van der Waals surface area contributed by atoms with Crippen molar-refractivity contribution in [3.63, 3.8) is 0 Å². The lowest BCUT2D eigenvalue weighted by Crippen LogP contribution is -3.07. The zero-order valence-electron chi connectivity index (χ0n) is 15.6. The Kier molecular flexibility index (Phi) is 7.53. The lowest BCUT2D eigenvalue weighted by molar-refractivity contribution is -0.890. The zero-order valence-corrected chi connectivity index (χ0v) is 17.2. The Labute approximate surface area is 169 Å². The van der Waals surface area contributed by atoms with Crippen molar-refractivity contribution in [2.24, 2.45) is 0 Å². The van der Waals surface area contributed by atoms with Crippen molar-refractivity contribution in [3.8, 4) is 0 Å². The van der Waals surface area contributed by atoms with Crippen molar-refractivity contribution in [3.05, 3.63) is 68.7 Å². The highest BCUT2D eigenvalue weighted by Crippen LogP contribution is 2.26. The number of nitro benzene ring substituents is 1. The van der Waals surface area contributed by atoms with E-state index in [0.29, 0.717) is 22.4 Å². The summed E-state index contributed by atoms with van der Waals surface area (Å²) in [5.41, 5.74) is 2.88. The molecule has 0 radical (unpaired) electrons. The molecule has 0 aromatic heterocycles. The van der Waals surface area contributed by atoms with E-state index >= 15 is 0 Å². The Morgan fingerprint density at radius 2 is 1.93 bits per heavy atom. The van der Waals surface area contributed by atoms with Gasteiger partial charge in [0.1, 0.15) is 6.04 Å². The van der Waals surface area contributed by atoms with E-state index in [-0.39, 0.29) is 11.7 Å². The van der Waals surface area contributed by atoms with Gasteiger partial charge in [-0.15, -0.1) is 0 Å². The Balaban J connectivity index is 2.03. The molecule has 0 unspecified atom stereocenters. The molecule has 1 atom stereocenters. The van der Waals surface area contributed by atoms with Gasteiger partial charge in [-0.2, -0.15) is 0 Å². The number of hydrogen-bond donors (Lipinski definition) is 3. The van der Waals surface area contributed by atoms with E-state index in [1.54, 1.807) is 0 Å². The molecule has 3 N–H and O–H groups in total. The molecule has 0 spiro atoms. The van der Waals surface area contributed by atoms with Crippen molar-refractivity contribution >= 4 is 40.3 Å². The summed E-state index contributed by atoms with van der Waals surface area (Å²) in [4.78, 5) is 11.7. The van der Waals surface area contributed by atoms with Crippen LogP contribution in [0.2, 0.25) is 5.02 Å². The highest BCUT2D eigenvalue weighted by atomic mass is 35.5. The van der Waals surface area contributed by atoms with Crippen molar-refractivity contribution in [2.45, 2.75) is 19.4 Å². The van der Waals surface area contributed by atoms with Crippen LogP contribution < -0.4 is 15.5 Å². The van der Waals surface area contributed by atoms with Gasteiger partial charge in [0.05, 0.1) is 36.3 Å². The standard InChI is InChI=1S/C19H23ClN4O2S/c1-4-13-5-7-14(8-6-13)18(23(2)3)12-21-19(27)22-17-11-15(24(25)26)9-10-16(17)20/h5-11,18H,4,12H2,1-3H3,(H2,21,22,27)/p+1/t18-/m0/s1. The predicted molar refractivity (Wildman–Crippen MR) is 114 cm³/mol. The summed E-state index contributed by atoms with van der Waals surface area (Å²) >= 11 is 11.4. The monoisotopic (exact) mass is 407 g/mol. The smallest absolute Gasteiger partial charge is 0.271 e. The minimum Gasteiger partial charge on any atom is -0.356 e. The number of benzene rings is 2. The minimum absolute atomic E-state index is 0.0451. The van der Waals surface area contributed by atoms with E-state index in [4.69, 9.17) is 23.8 Å². The van der Waals surface area contributed by atoms with Crippen LogP contribution in [0.3, 0.4) is 0 Å². The van der Waals surface area contributed by atoms with Crippen LogP contribution in [0.25, 0.3) is 0 Å². The molecule has 0 amide bonds. The maximum Gasteiger partial charge on any atom is 0.271 e. The van der Waals surface area contributed by atoms with Gasteiger partial charge in [0.2, 0.25) is 0 Å². The largest absolute Gasteiger partial charge is 0.356 e. The summed E-state index contributed by atoms with van der Waals surface area (Å²) in [6, 6.07) is 13.0. The Hall–Kier alpha value is -2.22. The minimum atomic E-state index is -0.469. The molecular formula is C19H24ClN4O2S+. The van der Waals surface area contributed by atoms with Crippen LogP contribution in [0, 0.1) is 10.1 Å². The molecule has 6 nitrogen and oxygen atoms in total. The van der Waals surface area contributed by atoms with E-state index in [1.807, 2.05) is 0 Å². The third-order valence-corrected chi connectivity index (χ3v) is 4.94. The van der Waals surface area contributed by atoms with E-state index < -0.39 is 4.92 Å². The topological polar surface area (TPSA) is 71.6 Å². The molecule has 0 aliphatic rings. The van der Waals surface area contributed by atoms with Crippen LogP contribution in [-0.4, -0.2) is 30.7 Å². The fourth-order valence-corrected chi connectivity index (χ4v) is 3.08. The van der Waals surface area contributed by atoms with Crippen LogP contribution in [0.1, 0.15) is 24.1 Å². The zero-order chi connectivity index (χ0) is 20.0. The van der Waals surface area contributed by atoms with Gasteiger partial charge in [-0.25, -0.2) is 0 Å². The summed E-state index contributed by atoms with van der Waals surface area (Å²) in [5, 5.41) is 17.8. The maximum absolute atomic E-state index is 10.9. The Bertz CT molecular complexity index is 812. The Morgan fingerprint density at radius 3 is 2.48 bits per heavy atom. The first kappa shape index (κ1) is 21.1. The van der Waals surface area contributed by atoms with Gasteiger partial charge >= 0.3 is 0 Å². The van der Waals surface area contributed by atoms with E-state index in [2.05, 4.69) is 55.9 Å². The number of non-ortho nitro benzene ring substituents is 1. The second-order valence-corrected chi connectivity index (χ2v) is 7.30. The summed E-state index contributed by atoms with van der Waals surface area (Å²) < 4.78 is 0. The molecule has 0 saturated carbocycles. The van der Waals surface area contributed by atoms with Gasteiger partial charge in [0.15, 0.2) is 5.11 Å². The normalized spacial score (nSPS) is 11.9. The van der Waals surface area contributed by atoms with E-state index in [0.717, 1.165) is 6.42 Å². The molecule has 2 aromatic rings. The number of quaternary nitrogens is 1. The molecule has 0 aliphatic heterocycles. The average Bonchev–Trinajstić information content (AvgIpc) is 2.63. The van der Waals surface area contributed by atoms with Gasteiger partial charge in [-0.05, 0) is 30.3 Å². The molecule has 2 rings (SSSR count). The molecule has 0 saturated heterocycles. The molecule has 8 heteroatoms. The van der Waals surface area contributed by atoms with Crippen LogP contribution >= 0.6 is 23.8 Å². The SMILES string of the molecule is CCc1ccc([C@H](CNC(=S)Nc2cc([N+](=O)[O-])ccc2Cl)[NH+](C)C)cc1. The second kappa shape index (κ2) is 9.64. The van der Waals surface area contributed by atoms with Gasteiger partial charge < -0.3 is 15.5 Å². The molecule has 144 valence electrons. The lowest BCUT2D eigenvalue weighted by Gasteiger charge is -2.23. The van der Waals surface area contributed by atoms with E-state index in [1.165, 1.54) is 34.2 Å². The van der Waals surface area contributed by atoms with Crippen LogP contribution in [0.4, 0.5) is 11.4 Å². The molecule has 0 bridgehead atoms. The molecule has 0 aliphatic carbocycles. The van der Waals surface area contributed by atoms with Crippen molar-refractivity contribution in [1.82, 2.24) is 5.32 Å². The number of thiocarbonyl (C=S) groups is 1. The van der Waals surface area contributed by atoms with Crippen molar-refractivity contribution in [2.75, 3.05) is 26.0 Å². The molecular weight excluding hydrogens is 384 g/mol. The first-order chi connectivity index (χ1) is 12.8. The van der Waals surface area contributed by atoms with E-state index in [9.17, 15) is 10.1 Å². The number of nitro groups is 1. The number of nitrogens with zero attached hydrogens (tertiary/aromatic N) is 1. The number of rotatable bonds is 7. The average molecular weight is 408 g/mol. The predicted octanol–water partition coefficient (Wildman–Crippen LogP) is 2.98. The third-order valence-electron chi connectivity index (χ3n) is 4.36. The van der Waals surface area contributed by atoms with Crippen molar-refractivity contribution in [1.29, 1.82) is 0 Å². The number of hydrogen-bond acceptors (Lipinski definition) is 3. The van der Waals surface area contributed by atoms with Gasteiger partial charge in [-0.1, -0.05) is 42.8 Å². The second-order valence-electron chi connectivity index (χ2n) is 6.48.